The van der Waals surface area contributed by atoms with Crippen LogP contribution in [0.3, 0.4) is 0 Å². The lowest BCUT2D eigenvalue weighted by Crippen LogP contribution is -2.42. The Balaban J connectivity index is 4.72. The molecule has 0 heterocycles. The van der Waals surface area contributed by atoms with Crippen molar-refractivity contribution in [2.75, 3.05) is 52.4 Å². The van der Waals surface area contributed by atoms with Crippen molar-refractivity contribution in [3.8, 4) is 0 Å². The third-order valence-corrected chi connectivity index (χ3v) is 5.31. The minimum atomic E-state index is -0.612. The molecule has 40 heavy (non-hydrogen) atoms. The van der Waals surface area contributed by atoms with Gasteiger partial charge in [-0.3, -0.25) is 0 Å². The molecule has 11 nitrogen and oxygen atoms in total. The molecule has 3 amide bonds. The van der Waals surface area contributed by atoms with Crippen LogP contribution in [0.4, 0.5) is 14.4 Å². The number of carbonyl (C=O) groups excluding carboxylic acids is 3. The van der Waals surface area contributed by atoms with Gasteiger partial charge in [0.15, 0.2) is 0 Å². The molecule has 0 saturated heterocycles. The molecule has 0 aliphatic carbocycles. The summed E-state index contributed by atoms with van der Waals surface area (Å²) in [5.41, 5.74) is 3.77. The summed E-state index contributed by atoms with van der Waals surface area (Å²) in [6, 6.07) is 0. The van der Waals surface area contributed by atoms with E-state index in [-0.39, 0.29) is 12.6 Å². The van der Waals surface area contributed by atoms with E-state index in [4.69, 9.17) is 19.9 Å². The van der Waals surface area contributed by atoms with E-state index in [1.54, 1.807) is 30.6 Å². The van der Waals surface area contributed by atoms with Crippen LogP contribution < -0.4 is 16.4 Å². The molecule has 0 saturated carbocycles. The number of ether oxygens (including phenoxy) is 3. The van der Waals surface area contributed by atoms with Crippen LogP contribution >= 0.6 is 0 Å². The summed E-state index contributed by atoms with van der Waals surface area (Å²) in [4.78, 5) is 40.8. The molecule has 4 N–H and O–H groups in total. The van der Waals surface area contributed by atoms with Crippen molar-refractivity contribution in [1.29, 1.82) is 0 Å². The fraction of sp³-hybridized carbons (Fsp3) is 0.897. The second-order valence-corrected chi connectivity index (χ2v) is 13.0. The highest BCUT2D eigenvalue weighted by atomic mass is 16.6. The zero-order valence-electron chi connectivity index (χ0n) is 26.8. The zero-order valence-corrected chi connectivity index (χ0v) is 26.8. The van der Waals surface area contributed by atoms with Gasteiger partial charge >= 0.3 is 18.3 Å². The highest BCUT2D eigenvalue weighted by Crippen LogP contribution is 2.14. The van der Waals surface area contributed by atoms with Crippen LogP contribution in [-0.2, 0) is 14.2 Å². The smallest absolute Gasteiger partial charge is 0.410 e. The van der Waals surface area contributed by atoms with Gasteiger partial charge in [-0.1, -0.05) is 12.8 Å². The highest BCUT2D eigenvalue weighted by molar-refractivity contribution is 5.69. The number of rotatable bonds is 17. The molecule has 0 aromatic carbocycles. The second-order valence-electron chi connectivity index (χ2n) is 13.0. The number of nitrogens with zero attached hydrogens (tertiary/aromatic N) is 2. The van der Waals surface area contributed by atoms with Crippen LogP contribution in [0.2, 0.25) is 0 Å². The normalized spacial score (nSPS) is 12.1. The minimum absolute atomic E-state index is 0.265. The Morgan fingerprint density at radius 2 is 1.00 bits per heavy atom. The third-order valence-electron chi connectivity index (χ3n) is 5.31. The van der Waals surface area contributed by atoms with Gasteiger partial charge in [-0.05, 0) is 94.5 Å². The summed E-state index contributed by atoms with van der Waals surface area (Å²) in [6.07, 6.45) is 4.08. The highest BCUT2D eigenvalue weighted by Gasteiger charge is 2.23. The van der Waals surface area contributed by atoms with E-state index in [0.717, 1.165) is 51.6 Å². The van der Waals surface area contributed by atoms with E-state index in [1.807, 2.05) is 41.5 Å². The molecule has 0 fully saturated rings. The molecule has 0 spiro atoms. The number of unbranched alkanes of at least 4 members (excludes halogenated alkanes) is 4. The molecular weight excluding hydrogens is 514 g/mol. The summed E-state index contributed by atoms with van der Waals surface area (Å²) < 4.78 is 16.4. The largest absolute Gasteiger partial charge is 0.444 e. The van der Waals surface area contributed by atoms with E-state index >= 15 is 0 Å². The van der Waals surface area contributed by atoms with Crippen molar-refractivity contribution >= 4 is 18.3 Å². The van der Waals surface area contributed by atoms with Gasteiger partial charge in [-0.25, -0.2) is 14.4 Å². The van der Waals surface area contributed by atoms with Crippen molar-refractivity contribution < 1.29 is 28.6 Å². The van der Waals surface area contributed by atoms with Gasteiger partial charge in [-0.15, -0.1) is 0 Å². The molecule has 0 aromatic heterocycles. The molecule has 0 aromatic rings. The topological polar surface area (TPSA) is 135 Å². The molecule has 0 bridgehead atoms. The van der Waals surface area contributed by atoms with Crippen molar-refractivity contribution in [2.24, 2.45) is 5.73 Å². The quantitative estimate of drug-likeness (QED) is 0.166. The van der Waals surface area contributed by atoms with E-state index in [1.165, 1.54) is 0 Å². The molecule has 0 atom stereocenters. The Morgan fingerprint density at radius 1 is 0.575 bits per heavy atom. The summed E-state index contributed by atoms with van der Waals surface area (Å²) in [5.74, 6) is 0. The number of hydrogen-bond donors (Lipinski definition) is 3. The predicted octanol–water partition coefficient (Wildman–Crippen LogP) is 4.87. The molecular formula is C29H59N5O6. The molecule has 11 heteroatoms. The third kappa shape index (κ3) is 22.5. The van der Waals surface area contributed by atoms with E-state index in [2.05, 4.69) is 10.6 Å². The Bertz CT molecular complexity index is 728. The average molecular weight is 574 g/mol. The van der Waals surface area contributed by atoms with E-state index < -0.39 is 29.0 Å². The number of carbonyl (C=O) groups is 3. The van der Waals surface area contributed by atoms with Crippen LogP contribution in [0, 0.1) is 0 Å². The first kappa shape index (κ1) is 37.7. The standard InChI is InChI=1S/C29H59N5O6/c1-27(2,3)38-24(35)32-19-23-34(26(37)40-29(7,8)9)21-14-11-10-13-20-33(25(36)39-28(4,5)6)22-15-12-17-31-18-16-30/h31H,10-23,30H2,1-9H3,(H,32,35). The summed E-state index contributed by atoms with van der Waals surface area (Å²) in [7, 11) is 0. The van der Waals surface area contributed by atoms with Crippen molar-refractivity contribution in [1.82, 2.24) is 20.4 Å². The number of nitrogens with two attached hydrogens (primary N) is 1. The van der Waals surface area contributed by atoms with Gasteiger partial charge in [0, 0.05) is 45.8 Å². The lowest BCUT2D eigenvalue weighted by atomic mass is 10.1. The zero-order chi connectivity index (χ0) is 30.8. The van der Waals surface area contributed by atoms with Crippen molar-refractivity contribution in [3.05, 3.63) is 0 Å². The SMILES string of the molecule is CC(C)(C)OC(=O)NCCN(CCCCCCN(CCCCNCCN)C(=O)OC(C)(C)C)C(=O)OC(C)(C)C. The summed E-state index contributed by atoms with van der Waals surface area (Å²) in [5, 5.41) is 5.97. The van der Waals surface area contributed by atoms with Gasteiger partial charge in [0.2, 0.25) is 0 Å². The van der Waals surface area contributed by atoms with Crippen LogP contribution in [0.1, 0.15) is 101 Å². The van der Waals surface area contributed by atoms with Crippen molar-refractivity contribution in [3.63, 3.8) is 0 Å². The maximum absolute atomic E-state index is 12.7. The molecule has 0 aliphatic heterocycles. The lowest BCUT2D eigenvalue weighted by Gasteiger charge is -2.28. The monoisotopic (exact) mass is 573 g/mol. The van der Waals surface area contributed by atoms with Gasteiger partial charge in [0.1, 0.15) is 16.8 Å². The molecule has 0 unspecified atom stereocenters. The number of alkyl carbamates (subject to hydrolysis) is 1. The maximum Gasteiger partial charge on any atom is 0.410 e. The first-order valence-electron chi connectivity index (χ1n) is 14.8. The van der Waals surface area contributed by atoms with Crippen LogP contribution in [0.5, 0.6) is 0 Å². The molecule has 0 aliphatic rings. The Hall–Kier alpha value is -2.27. The van der Waals surface area contributed by atoms with Gasteiger partial charge in [-0.2, -0.15) is 0 Å². The predicted molar refractivity (Wildman–Crippen MR) is 159 cm³/mol. The van der Waals surface area contributed by atoms with E-state index in [9.17, 15) is 14.4 Å². The summed E-state index contributed by atoms with van der Waals surface area (Å²) in [6.45, 7) is 21.2. The van der Waals surface area contributed by atoms with Crippen LogP contribution in [0.15, 0.2) is 0 Å². The first-order chi connectivity index (χ1) is 18.4. The van der Waals surface area contributed by atoms with Gasteiger partial charge in [0.25, 0.3) is 0 Å². The Kier molecular flexibility index (Phi) is 17.9. The minimum Gasteiger partial charge on any atom is -0.444 e. The van der Waals surface area contributed by atoms with Crippen LogP contribution in [0.25, 0.3) is 0 Å². The molecule has 0 radical (unpaired) electrons. The molecule has 0 rings (SSSR count). The Labute approximate surface area is 243 Å². The number of nitrogens with one attached hydrogen (secondary N) is 2. The van der Waals surface area contributed by atoms with Crippen molar-refractivity contribution in [2.45, 2.75) is 118 Å². The van der Waals surface area contributed by atoms with Gasteiger partial charge in [0.05, 0.1) is 0 Å². The maximum atomic E-state index is 12.7. The lowest BCUT2D eigenvalue weighted by molar-refractivity contribution is 0.0225. The summed E-state index contributed by atoms with van der Waals surface area (Å²) >= 11 is 0. The molecule has 236 valence electrons. The number of hydrogen-bond acceptors (Lipinski definition) is 8. The first-order valence-corrected chi connectivity index (χ1v) is 14.8. The second kappa shape index (κ2) is 19.0. The number of amides is 3. The van der Waals surface area contributed by atoms with E-state index in [0.29, 0.717) is 32.7 Å². The van der Waals surface area contributed by atoms with Crippen LogP contribution in [-0.4, -0.2) is 97.2 Å². The Morgan fingerprint density at radius 3 is 1.43 bits per heavy atom. The van der Waals surface area contributed by atoms with Gasteiger partial charge < -0.3 is 40.4 Å². The average Bonchev–Trinajstić information content (AvgIpc) is 2.77. The fourth-order valence-electron chi connectivity index (χ4n) is 3.59. The fourth-order valence-corrected chi connectivity index (χ4v) is 3.59.